The molecular formula is C15H17ClN2O3. The molecule has 0 saturated carbocycles. The van der Waals surface area contributed by atoms with Crippen LogP contribution in [0.25, 0.3) is 0 Å². The zero-order valence-electron chi connectivity index (χ0n) is 11.6. The van der Waals surface area contributed by atoms with Crippen molar-refractivity contribution in [2.75, 3.05) is 18.5 Å². The Morgan fingerprint density at radius 1 is 1.33 bits per heavy atom. The molecule has 1 aromatic heterocycles. The molecule has 2 aromatic rings. The standard InChI is InChI=1S/C15H16N2O3.ClH/c1-10-13(4-6-19-10)15(18)17-12-2-3-14-11(8-12)9-16-5-7-20-14;/h2-4,6,8,16H,5,7,9H2,1H3,(H,17,18);1H. The summed E-state index contributed by atoms with van der Waals surface area (Å²) in [5.41, 5.74) is 2.35. The summed E-state index contributed by atoms with van der Waals surface area (Å²) in [7, 11) is 0. The highest BCUT2D eigenvalue weighted by molar-refractivity contribution is 6.04. The minimum absolute atomic E-state index is 0. The van der Waals surface area contributed by atoms with Gasteiger partial charge in [0.15, 0.2) is 0 Å². The Bertz CT molecular complexity index is 640. The fraction of sp³-hybridized carbons (Fsp3) is 0.267. The van der Waals surface area contributed by atoms with Crippen molar-refractivity contribution < 1.29 is 13.9 Å². The lowest BCUT2D eigenvalue weighted by Gasteiger charge is -2.10. The first-order chi connectivity index (χ1) is 9.74. The molecule has 0 unspecified atom stereocenters. The van der Waals surface area contributed by atoms with Crippen molar-refractivity contribution in [3.05, 3.63) is 47.4 Å². The lowest BCUT2D eigenvalue weighted by Crippen LogP contribution is -2.16. The van der Waals surface area contributed by atoms with Crippen molar-refractivity contribution in [2.24, 2.45) is 0 Å². The van der Waals surface area contributed by atoms with Crippen molar-refractivity contribution >= 4 is 24.0 Å². The number of aryl methyl sites for hydroxylation is 1. The average Bonchev–Trinajstić information content (AvgIpc) is 2.73. The molecule has 112 valence electrons. The van der Waals surface area contributed by atoms with Crippen molar-refractivity contribution in [1.82, 2.24) is 5.32 Å². The van der Waals surface area contributed by atoms with Crippen LogP contribution in [0.3, 0.4) is 0 Å². The lowest BCUT2D eigenvalue weighted by molar-refractivity contribution is 0.102. The molecule has 6 heteroatoms. The third-order valence-electron chi connectivity index (χ3n) is 3.27. The summed E-state index contributed by atoms with van der Waals surface area (Å²) >= 11 is 0. The van der Waals surface area contributed by atoms with Crippen LogP contribution in [0.15, 0.2) is 34.9 Å². The number of hydrogen-bond acceptors (Lipinski definition) is 4. The largest absolute Gasteiger partial charge is 0.492 e. The smallest absolute Gasteiger partial charge is 0.259 e. The number of fused-ring (bicyclic) bond motifs is 1. The van der Waals surface area contributed by atoms with Crippen LogP contribution in [-0.4, -0.2) is 19.1 Å². The summed E-state index contributed by atoms with van der Waals surface area (Å²) in [5, 5.41) is 6.14. The maximum atomic E-state index is 12.1. The van der Waals surface area contributed by atoms with Crippen LogP contribution < -0.4 is 15.4 Å². The first-order valence-corrected chi connectivity index (χ1v) is 6.56. The molecule has 0 atom stereocenters. The second-order valence-corrected chi connectivity index (χ2v) is 4.69. The fourth-order valence-electron chi connectivity index (χ4n) is 2.21. The van der Waals surface area contributed by atoms with Crippen LogP contribution in [0.1, 0.15) is 21.7 Å². The average molecular weight is 309 g/mol. The van der Waals surface area contributed by atoms with Crippen LogP contribution in [0.2, 0.25) is 0 Å². The number of ether oxygens (including phenoxy) is 1. The van der Waals surface area contributed by atoms with E-state index in [-0.39, 0.29) is 18.3 Å². The number of halogens is 1. The van der Waals surface area contributed by atoms with E-state index in [1.165, 1.54) is 6.26 Å². The molecular weight excluding hydrogens is 292 g/mol. The van der Waals surface area contributed by atoms with E-state index >= 15 is 0 Å². The highest BCUT2D eigenvalue weighted by Crippen LogP contribution is 2.24. The minimum Gasteiger partial charge on any atom is -0.492 e. The van der Waals surface area contributed by atoms with Crippen molar-refractivity contribution in [3.63, 3.8) is 0 Å². The maximum Gasteiger partial charge on any atom is 0.259 e. The SMILES string of the molecule is Cc1occc1C(=O)Nc1ccc2c(c1)CNCCO2.Cl. The predicted molar refractivity (Wildman–Crippen MR) is 82.3 cm³/mol. The highest BCUT2D eigenvalue weighted by Gasteiger charge is 2.13. The Hall–Kier alpha value is -1.98. The van der Waals surface area contributed by atoms with E-state index in [1.54, 1.807) is 13.0 Å². The first kappa shape index (κ1) is 15.4. The number of carbonyl (C=O) groups is 1. The van der Waals surface area contributed by atoms with Gasteiger partial charge in [0.2, 0.25) is 0 Å². The van der Waals surface area contributed by atoms with Gasteiger partial charge in [-0.3, -0.25) is 4.79 Å². The van der Waals surface area contributed by atoms with Gasteiger partial charge in [0.1, 0.15) is 18.1 Å². The Labute approximate surface area is 129 Å². The van der Waals surface area contributed by atoms with Gasteiger partial charge in [-0.05, 0) is 31.2 Å². The van der Waals surface area contributed by atoms with Crippen molar-refractivity contribution in [2.45, 2.75) is 13.5 Å². The van der Waals surface area contributed by atoms with E-state index in [0.29, 0.717) is 17.9 Å². The molecule has 0 aliphatic carbocycles. The first-order valence-electron chi connectivity index (χ1n) is 6.56. The Morgan fingerprint density at radius 3 is 2.95 bits per heavy atom. The Morgan fingerprint density at radius 2 is 2.19 bits per heavy atom. The summed E-state index contributed by atoms with van der Waals surface area (Å²) < 4.78 is 10.7. The molecule has 2 heterocycles. The predicted octanol–water partition coefficient (Wildman–Crippen LogP) is 2.74. The van der Waals surface area contributed by atoms with Gasteiger partial charge in [0.05, 0.1) is 11.8 Å². The number of rotatable bonds is 2. The number of benzene rings is 1. The second kappa shape index (κ2) is 6.65. The van der Waals surface area contributed by atoms with Gasteiger partial charge >= 0.3 is 0 Å². The lowest BCUT2D eigenvalue weighted by atomic mass is 10.1. The normalized spacial score (nSPS) is 13.4. The quantitative estimate of drug-likeness (QED) is 0.895. The summed E-state index contributed by atoms with van der Waals surface area (Å²) in [6, 6.07) is 7.33. The molecule has 1 aromatic carbocycles. The van der Waals surface area contributed by atoms with Gasteiger partial charge in [0.25, 0.3) is 5.91 Å². The third kappa shape index (κ3) is 3.37. The Balaban J connectivity index is 0.00000161. The van der Waals surface area contributed by atoms with E-state index in [0.717, 1.165) is 30.1 Å². The molecule has 1 amide bonds. The highest BCUT2D eigenvalue weighted by atomic mass is 35.5. The Kier molecular flexibility index (Phi) is 4.88. The number of furan rings is 1. The zero-order chi connectivity index (χ0) is 13.9. The molecule has 0 bridgehead atoms. The molecule has 2 N–H and O–H groups in total. The maximum absolute atomic E-state index is 12.1. The summed E-state index contributed by atoms with van der Waals surface area (Å²) in [5.74, 6) is 1.31. The van der Waals surface area contributed by atoms with Crippen molar-refractivity contribution in [1.29, 1.82) is 0 Å². The van der Waals surface area contributed by atoms with Gasteiger partial charge in [-0.15, -0.1) is 12.4 Å². The van der Waals surface area contributed by atoms with E-state index in [1.807, 2.05) is 18.2 Å². The minimum atomic E-state index is -0.168. The second-order valence-electron chi connectivity index (χ2n) is 4.69. The van der Waals surface area contributed by atoms with Crippen molar-refractivity contribution in [3.8, 4) is 5.75 Å². The van der Waals surface area contributed by atoms with E-state index < -0.39 is 0 Å². The van der Waals surface area contributed by atoms with E-state index in [2.05, 4.69) is 10.6 Å². The van der Waals surface area contributed by atoms with E-state index in [9.17, 15) is 4.79 Å². The van der Waals surface area contributed by atoms with Gasteiger partial charge < -0.3 is 19.8 Å². The van der Waals surface area contributed by atoms with Gasteiger partial charge in [-0.1, -0.05) is 0 Å². The molecule has 5 nitrogen and oxygen atoms in total. The molecule has 0 saturated heterocycles. The van der Waals surface area contributed by atoms with Gasteiger partial charge in [-0.25, -0.2) is 0 Å². The topological polar surface area (TPSA) is 63.5 Å². The zero-order valence-corrected chi connectivity index (χ0v) is 12.5. The monoisotopic (exact) mass is 308 g/mol. The van der Waals surface area contributed by atoms with Crippen LogP contribution in [0, 0.1) is 6.92 Å². The summed E-state index contributed by atoms with van der Waals surface area (Å²) in [6.45, 7) is 3.99. The molecule has 21 heavy (non-hydrogen) atoms. The summed E-state index contributed by atoms with van der Waals surface area (Å²) in [4.78, 5) is 12.1. The molecule has 0 spiro atoms. The summed E-state index contributed by atoms with van der Waals surface area (Å²) in [6.07, 6.45) is 1.51. The third-order valence-corrected chi connectivity index (χ3v) is 3.27. The van der Waals surface area contributed by atoms with Crippen LogP contribution in [-0.2, 0) is 6.54 Å². The molecule has 0 radical (unpaired) electrons. The number of anilines is 1. The molecule has 1 aliphatic heterocycles. The number of carbonyl (C=O) groups excluding carboxylic acids is 1. The van der Waals surface area contributed by atoms with Crippen LogP contribution >= 0.6 is 12.4 Å². The molecule has 3 rings (SSSR count). The van der Waals surface area contributed by atoms with Gasteiger partial charge in [-0.2, -0.15) is 0 Å². The van der Waals surface area contributed by atoms with E-state index in [4.69, 9.17) is 9.15 Å². The number of nitrogens with one attached hydrogen (secondary N) is 2. The number of hydrogen-bond donors (Lipinski definition) is 2. The van der Waals surface area contributed by atoms with Gasteiger partial charge in [0, 0.05) is 24.3 Å². The van der Waals surface area contributed by atoms with Crippen LogP contribution in [0.4, 0.5) is 5.69 Å². The molecule has 1 aliphatic rings. The fourth-order valence-corrected chi connectivity index (χ4v) is 2.21. The number of amides is 1. The van der Waals surface area contributed by atoms with Crippen LogP contribution in [0.5, 0.6) is 5.75 Å². The molecule has 0 fully saturated rings.